The third kappa shape index (κ3) is 2.37. The molecule has 1 aromatic heterocycles. The largest absolute Gasteiger partial charge is 0.418 e. The van der Waals surface area contributed by atoms with E-state index in [2.05, 4.69) is 4.98 Å². The SMILES string of the molecule is FC(F)(F)c1cc(Cl)ccc1-n1cc[nH]c1=S. The highest BCUT2D eigenvalue weighted by atomic mass is 35.5. The summed E-state index contributed by atoms with van der Waals surface area (Å²) in [7, 11) is 0. The Balaban J connectivity index is 2.71. The molecule has 2 nitrogen and oxygen atoms in total. The molecule has 90 valence electrons. The van der Waals surface area contributed by atoms with Crippen molar-refractivity contribution in [3.05, 3.63) is 45.9 Å². The Morgan fingerprint density at radius 2 is 2.00 bits per heavy atom. The minimum atomic E-state index is -4.48. The van der Waals surface area contributed by atoms with Gasteiger partial charge in [-0.15, -0.1) is 0 Å². The number of halogens is 4. The fourth-order valence-corrected chi connectivity index (χ4v) is 1.85. The minimum Gasteiger partial charge on any atom is -0.337 e. The summed E-state index contributed by atoms with van der Waals surface area (Å²) < 4.78 is 39.9. The molecule has 2 rings (SSSR count). The number of rotatable bonds is 1. The number of aromatic nitrogens is 2. The second kappa shape index (κ2) is 4.19. The average molecular weight is 279 g/mol. The van der Waals surface area contributed by atoms with Crippen molar-refractivity contribution in [2.45, 2.75) is 6.18 Å². The van der Waals surface area contributed by atoms with E-state index in [0.29, 0.717) is 0 Å². The standard InChI is InChI=1S/C10H6ClF3N2S/c11-6-1-2-8(7(5-6)10(12,13)14)16-4-3-15-9(16)17/h1-5H,(H,15,17). The maximum Gasteiger partial charge on any atom is 0.418 e. The van der Waals surface area contributed by atoms with Crippen LogP contribution in [0.25, 0.3) is 5.69 Å². The number of H-pyrrole nitrogens is 1. The Morgan fingerprint density at radius 3 is 2.53 bits per heavy atom. The summed E-state index contributed by atoms with van der Waals surface area (Å²) in [6.07, 6.45) is -1.58. The van der Waals surface area contributed by atoms with Crippen molar-refractivity contribution in [2.24, 2.45) is 0 Å². The van der Waals surface area contributed by atoms with E-state index in [1.807, 2.05) is 0 Å². The van der Waals surface area contributed by atoms with Crippen LogP contribution < -0.4 is 0 Å². The van der Waals surface area contributed by atoms with E-state index in [1.165, 1.54) is 29.1 Å². The molecule has 1 aromatic carbocycles. The highest BCUT2D eigenvalue weighted by Gasteiger charge is 2.34. The van der Waals surface area contributed by atoms with Crippen LogP contribution in [-0.4, -0.2) is 9.55 Å². The van der Waals surface area contributed by atoms with E-state index in [0.717, 1.165) is 6.07 Å². The molecule has 0 saturated carbocycles. The molecule has 0 aliphatic rings. The number of nitrogens with one attached hydrogen (secondary N) is 1. The van der Waals surface area contributed by atoms with Crippen LogP contribution in [0.4, 0.5) is 13.2 Å². The van der Waals surface area contributed by atoms with Gasteiger partial charge in [0.15, 0.2) is 4.77 Å². The zero-order valence-corrected chi connectivity index (χ0v) is 9.83. The van der Waals surface area contributed by atoms with Gasteiger partial charge in [-0.25, -0.2) is 0 Å². The van der Waals surface area contributed by atoms with Crippen molar-refractivity contribution in [3.8, 4) is 5.69 Å². The fourth-order valence-electron chi connectivity index (χ4n) is 1.46. The lowest BCUT2D eigenvalue weighted by atomic mass is 10.1. The smallest absolute Gasteiger partial charge is 0.337 e. The van der Waals surface area contributed by atoms with Gasteiger partial charge in [-0.1, -0.05) is 11.6 Å². The van der Waals surface area contributed by atoms with Crippen molar-refractivity contribution in [2.75, 3.05) is 0 Å². The van der Waals surface area contributed by atoms with Crippen LogP contribution in [0.15, 0.2) is 30.6 Å². The van der Waals surface area contributed by atoms with E-state index in [9.17, 15) is 13.2 Å². The first-order chi connectivity index (χ1) is 7.89. The molecule has 0 unspecified atom stereocenters. The van der Waals surface area contributed by atoms with Crippen molar-refractivity contribution < 1.29 is 13.2 Å². The average Bonchev–Trinajstić information content (AvgIpc) is 2.63. The Hall–Kier alpha value is -1.27. The van der Waals surface area contributed by atoms with Crippen molar-refractivity contribution in [3.63, 3.8) is 0 Å². The van der Waals surface area contributed by atoms with Crippen molar-refractivity contribution >= 4 is 23.8 Å². The molecule has 0 fully saturated rings. The highest BCUT2D eigenvalue weighted by molar-refractivity contribution is 7.71. The number of alkyl halides is 3. The third-order valence-electron chi connectivity index (χ3n) is 2.17. The van der Waals surface area contributed by atoms with Gasteiger partial charge in [-0.05, 0) is 30.4 Å². The van der Waals surface area contributed by atoms with E-state index in [4.69, 9.17) is 23.8 Å². The van der Waals surface area contributed by atoms with Crippen LogP contribution in [0.3, 0.4) is 0 Å². The summed E-state index contributed by atoms with van der Waals surface area (Å²) in [5.41, 5.74) is -0.867. The van der Waals surface area contributed by atoms with Crippen LogP contribution in [0.2, 0.25) is 5.02 Å². The van der Waals surface area contributed by atoms with Gasteiger partial charge in [0.05, 0.1) is 11.3 Å². The van der Waals surface area contributed by atoms with Crippen LogP contribution in [0.1, 0.15) is 5.56 Å². The first kappa shape index (κ1) is 12.2. The Bertz CT molecular complexity index is 600. The topological polar surface area (TPSA) is 20.7 Å². The molecule has 0 bridgehead atoms. The lowest BCUT2D eigenvalue weighted by molar-refractivity contribution is -0.137. The molecular weight excluding hydrogens is 273 g/mol. The quantitative estimate of drug-likeness (QED) is 0.775. The van der Waals surface area contributed by atoms with Gasteiger partial charge in [0.25, 0.3) is 0 Å². The molecular formula is C10H6ClF3N2S. The second-order valence-electron chi connectivity index (χ2n) is 3.29. The number of benzene rings is 1. The maximum atomic E-state index is 12.8. The highest BCUT2D eigenvalue weighted by Crippen LogP contribution is 2.35. The number of hydrogen-bond donors (Lipinski definition) is 1. The van der Waals surface area contributed by atoms with Crippen molar-refractivity contribution in [1.82, 2.24) is 9.55 Å². The second-order valence-corrected chi connectivity index (χ2v) is 4.12. The predicted molar refractivity (Wildman–Crippen MR) is 61.0 cm³/mol. The predicted octanol–water partition coefficient (Wildman–Crippen LogP) is 4.21. The molecule has 1 heterocycles. The molecule has 0 saturated heterocycles. The van der Waals surface area contributed by atoms with Gasteiger partial charge in [0, 0.05) is 17.4 Å². The summed E-state index contributed by atoms with van der Waals surface area (Å²) in [4.78, 5) is 2.64. The van der Waals surface area contributed by atoms with E-state index in [1.54, 1.807) is 0 Å². The summed E-state index contributed by atoms with van der Waals surface area (Å²) in [6, 6.07) is 3.56. The van der Waals surface area contributed by atoms with E-state index < -0.39 is 11.7 Å². The van der Waals surface area contributed by atoms with Crippen LogP contribution >= 0.6 is 23.8 Å². The van der Waals surface area contributed by atoms with Gasteiger partial charge in [0.2, 0.25) is 0 Å². The zero-order valence-electron chi connectivity index (χ0n) is 8.25. The zero-order chi connectivity index (χ0) is 12.6. The molecule has 1 N–H and O–H groups in total. The van der Waals surface area contributed by atoms with Gasteiger partial charge >= 0.3 is 6.18 Å². The number of hydrogen-bond acceptors (Lipinski definition) is 1. The summed E-state index contributed by atoms with van der Waals surface area (Å²) in [5.74, 6) is 0. The number of imidazole rings is 1. The molecule has 0 radical (unpaired) electrons. The van der Waals surface area contributed by atoms with Gasteiger partial charge in [0.1, 0.15) is 0 Å². The third-order valence-corrected chi connectivity index (χ3v) is 2.72. The van der Waals surface area contributed by atoms with Crippen molar-refractivity contribution in [1.29, 1.82) is 0 Å². The van der Waals surface area contributed by atoms with E-state index >= 15 is 0 Å². The first-order valence-corrected chi connectivity index (χ1v) is 5.31. The number of aromatic amines is 1. The van der Waals surface area contributed by atoms with Gasteiger partial charge in [-0.3, -0.25) is 4.57 Å². The molecule has 0 atom stereocenters. The summed E-state index contributed by atoms with van der Waals surface area (Å²) in [5, 5.41) is 0.0307. The fraction of sp³-hybridized carbons (Fsp3) is 0.100. The summed E-state index contributed by atoms with van der Waals surface area (Å²) in [6.45, 7) is 0. The number of nitrogens with zero attached hydrogens (tertiary/aromatic N) is 1. The lowest BCUT2D eigenvalue weighted by Gasteiger charge is -2.13. The van der Waals surface area contributed by atoms with Crippen LogP contribution in [0.5, 0.6) is 0 Å². The normalized spacial score (nSPS) is 11.8. The molecule has 7 heteroatoms. The van der Waals surface area contributed by atoms with Gasteiger partial charge < -0.3 is 4.98 Å². The summed E-state index contributed by atoms with van der Waals surface area (Å²) >= 11 is 10.5. The van der Waals surface area contributed by atoms with Crippen LogP contribution in [-0.2, 0) is 6.18 Å². The minimum absolute atomic E-state index is 0.0307. The van der Waals surface area contributed by atoms with E-state index in [-0.39, 0.29) is 15.5 Å². The van der Waals surface area contributed by atoms with Gasteiger partial charge in [-0.2, -0.15) is 13.2 Å². The molecule has 0 aliphatic carbocycles. The molecule has 0 aliphatic heterocycles. The lowest BCUT2D eigenvalue weighted by Crippen LogP contribution is -2.10. The molecule has 0 spiro atoms. The Labute approximate surface area is 105 Å². The molecule has 2 aromatic rings. The first-order valence-electron chi connectivity index (χ1n) is 4.53. The Kier molecular flexibility index (Phi) is 3.01. The van der Waals surface area contributed by atoms with Crippen LogP contribution in [0, 0.1) is 4.77 Å². The molecule has 17 heavy (non-hydrogen) atoms. The monoisotopic (exact) mass is 278 g/mol. The Morgan fingerprint density at radius 1 is 1.29 bits per heavy atom. The molecule has 0 amide bonds. The maximum absolute atomic E-state index is 12.8.